The van der Waals surface area contributed by atoms with Crippen molar-refractivity contribution in [3.63, 3.8) is 0 Å². The summed E-state index contributed by atoms with van der Waals surface area (Å²) in [6.07, 6.45) is 1.53. The molecule has 50 valence electrons. The molecule has 0 spiro atoms. The van der Waals surface area contributed by atoms with Crippen molar-refractivity contribution >= 4 is 22.1 Å². The third-order valence-corrected chi connectivity index (χ3v) is 3.16. The highest BCUT2D eigenvalue weighted by Gasteiger charge is 2.00. The normalized spacial score (nSPS) is 13.6. The van der Waals surface area contributed by atoms with Crippen LogP contribution in [0.3, 0.4) is 0 Å². The predicted octanol–water partition coefficient (Wildman–Crippen LogP) is 1.62. The van der Waals surface area contributed by atoms with E-state index in [4.69, 9.17) is 0 Å². The first-order chi connectivity index (χ1) is 4.20. The maximum Gasteiger partial charge on any atom is 0.177 e. The molecule has 0 bridgehead atoms. The molecule has 9 heavy (non-hydrogen) atoms. The van der Waals surface area contributed by atoms with E-state index in [1.807, 2.05) is 0 Å². The summed E-state index contributed by atoms with van der Waals surface area (Å²) >= 11 is 0.929. The molecular weight excluding hydrogens is 159 g/mol. The van der Waals surface area contributed by atoms with Crippen LogP contribution in [-0.4, -0.2) is 10.5 Å². The Morgan fingerprint density at radius 1 is 1.67 bits per heavy atom. The highest BCUT2D eigenvalue weighted by atomic mass is 32.2. The summed E-state index contributed by atoms with van der Waals surface area (Å²) in [6, 6.07) is 2.86. The van der Waals surface area contributed by atoms with Crippen LogP contribution in [0.2, 0.25) is 0 Å². The third kappa shape index (κ3) is 1.59. The molecule has 1 nitrogen and oxygen atoms in total. The van der Waals surface area contributed by atoms with E-state index in [1.165, 1.54) is 18.4 Å². The smallest absolute Gasteiger partial charge is 0.177 e. The van der Waals surface area contributed by atoms with Crippen LogP contribution < -0.4 is 0 Å². The van der Waals surface area contributed by atoms with Crippen LogP contribution >= 0.6 is 11.3 Å². The average Bonchev–Trinajstić information content (AvgIpc) is 2.14. The molecule has 0 saturated heterocycles. The maximum absolute atomic E-state index is 12.2. The third-order valence-electron chi connectivity index (χ3n) is 0.832. The summed E-state index contributed by atoms with van der Waals surface area (Å²) in [6.45, 7) is 0. The van der Waals surface area contributed by atoms with E-state index in [9.17, 15) is 8.60 Å². The molecule has 0 amide bonds. The summed E-state index contributed by atoms with van der Waals surface area (Å²) in [4.78, 5) is 0. The van der Waals surface area contributed by atoms with Crippen LogP contribution in [0.5, 0.6) is 0 Å². The first-order valence-electron chi connectivity index (χ1n) is 2.29. The second-order valence-electron chi connectivity index (χ2n) is 1.51. The van der Waals surface area contributed by atoms with Gasteiger partial charge in [-0.3, -0.25) is 4.21 Å². The minimum atomic E-state index is -1.03. The number of hydrogen-bond donors (Lipinski definition) is 0. The highest BCUT2D eigenvalue weighted by Crippen LogP contribution is 2.16. The van der Waals surface area contributed by atoms with E-state index in [2.05, 4.69) is 0 Å². The minimum Gasteiger partial charge on any atom is -0.254 e. The zero-order chi connectivity index (χ0) is 6.85. The molecule has 0 aliphatic rings. The number of thiophene rings is 1. The van der Waals surface area contributed by atoms with Gasteiger partial charge in [-0.2, -0.15) is 4.39 Å². The SMILES string of the molecule is CS(=O)c1ccc(F)s1. The van der Waals surface area contributed by atoms with Crippen LogP contribution in [0.15, 0.2) is 16.3 Å². The minimum absolute atomic E-state index is 0.278. The topological polar surface area (TPSA) is 17.1 Å². The first kappa shape index (κ1) is 6.89. The molecule has 0 radical (unpaired) electrons. The summed E-state index contributed by atoms with van der Waals surface area (Å²) in [7, 11) is -1.03. The molecular formula is C5H5FOS2. The van der Waals surface area contributed by atoms with Gasteiger partial charge in [0.15, 0.2) is 5.13 Å². The van der Waals surface area contributed by atoms with Gasteiger partial charge in [-0.1, -0.05) is 11.3 Å². The lowest BCUT2D eigenvalue weighted by atomic mass is 10.7. The second kappa shape index (κ2) is 2.58. The quantitative estimate of drug-likeness (QED) is 0.616. The van der Waals surface area contributed by atoms with Gasteiger partial charge in [0.25, 0.3) is 0 Å². The molecule has 1 atom stereocenters. The van der Waals surface area contributed by atoms with Crippen molar-refractivity contribution in [2.24, 2.45) is 0 Å². The predicted molar refractivity (Wildman–Crippen MR) is 36.6 cm³/mol. The summed E-state index contributed by atoms with van der Waals surface area (Å²) in [5, 5.41) is -0.278. The lowest BCUT2D eigenvalue weighted by molar-refractivity contribution is 0.657. The standard InChI is InChI=1S/C5H5FOS2/c1-9(7)5-3-2-4(6)8-5/h2-3H,1H3. The Morgan fingerprint density at radius 2 is 2.33 bits per heavy atom. The lowest BCUT2D eigenvalue weighted by Crippen LogP contribution is -1.78. The van der Waals surface area contributed by atoms with Crippen LogP contribution in [0.25, 0.3) is 0 Å². The fourth-order valence-electron chi connectivity index (χ4n) is 0.452. The molecule has 0 aliphatic carbocycles. The van der Waals surface area contributed by atoms with Gasteiger partial charge in [-0.05, 0) is 12.1 Å². The maximum atomic E-state index is 12.2. The highest BCUT2D eigenvalue weighted by molar-refractivity contribution is 7.86. The average molecular weight is 164 g/mol. The Hall–Kier alpha value is -0.220. The first-order valence-corrected chi connectivity index (χ1v) is 4.66. The molecule has 4 heteroatoms. The van der Waals surface area contributed by atoms with Crippen LogP contribution in [0, 0.1) is 5.13 Å². The summed E-state index contributed by atoms with van der Waals surface area (Å²) in [5.41, 5.74) is 0. The molecule has 0 N–H and O–H groups in total. The van der Waals surface area contributed by atoms with E-state index in [-0.39, 0.29) is 5.13 Å². The number of rotatable bonds is 1. The van der Waals surface area contributed by atoms with Gasteiger partial charge in [-0.15, -0.1) is 0 Å². The van der Waals surface area contributed by atoms with Gasteiger partial charge >= 0.3 is 0 Å². The van der Waals surface area contributed by atoms with Crippen molar-refractivity contribution in [2.75, 3.05) is 6.26 Å². The van der Waals surface area contributed by atoms with Gasteiger partial charge in [0.1, 0.15) is 0 Å². The van der Waals surface area contributed by atoms with Crippen molar-refractivity contribution in [2.45, 2.75) is 4.21 Å². The van der Waals surface area contributed by atoms with Gasteiger partial charge in [-0.25, -0.2) is 0 Å². The fourth-order valence-corrected chi connectivity index (χ4v) is 1.88. The van der Waals surface area contributed by atoms with Crippen molar-refractivity contribution in [1.29, 1.82) is 0 Å². The molecule has 0 aliphatic heterocycles. The fraction of sp³-hybridized carbons (Fsp3) is 0.200. The van der Waals surface area contributed by atoms with Gasteiger partial charge in [0, 0.05) is 6.26 Å². The zero-order valence-electron chi connectivity index (χ0n) is 4.76. The summed E-state index contributed by atoms with van der Waals surface area (Å²) in [5.74, 6) is 0. The largest absolute Gasteiger partial charge is 0.254 e. The van der Waals surface area contributed by atoms with Crippen molar-refractivity contribution in [1.82, 2.24) is 0 Å². The molecule has 1 aromatic heterocycles. The molecule has 0 saturated carbocycles. The van der Waals surface area contributed by atoms with Gasteiger partial charge in [0.2, 0.25) is 0 Å². The van der Waals surface area contributed by atoms with Crippen molar-refractivity contribution in [3.8, 4) is 0 Å². The van der Waals surface area contributed by atoms with Crippen LogP contribution in [0.4, 0.5) is 4.39 Å². The summed E-state index contributed by atoms with van der Waals surface area (Å²) < 4.78 is 23.4. The molecule has 1 aromatic rings. The Kier molecular flexibility index (Phi) is 1.97. The molecule has 0 aromatic carbocycles. The Balaban J connectivity index is 2.98. The Labute approximate surface area is 59.0 Å². The Morgan fingerprint density at radius 3 is 2.56 bits per heavy atom. The van der Waals surface area contributed by atoms with E-state index in [1.54, 1.807) is 0 Å². The number of hydrogen-bond acceptors (Lipinski definition) is 2. The van der Waals surface area contributed by atoms with E-state index < -0.39 is 10.8 Å². The molecule has 0 fully saturated rings. The molecule has 1 rings (SSSR count). The molecule has 1 unspecified atom stereocenters. The number of halogens is 1. The Bertz CT molecular complexity index is 231. The van der Waals surface area contributed by atoms with Crippen molar-refractivity contribution in [3.05, 3.63) is 17.3 Å². The molecule has 1 heterocycles. The van der Waals surface area contributed by atoms with E-state index >= 15 is 0 Å². The lowest BCUT2D eigenvalue weighted by Gasteiger charge is -1.81. The van der Waals surface area contributed by atoms with Crippen LogP contribution in [0.1, 0.15) is 0 Å². The van der Waals surface area contributed by atoms with Gasteiger partial charge in [0.05, 0.1) is 15.0 Å². The van der Waals surface area contributed by atoms with Gasteiger partial charge < -0.3 is 0 Å². The van der Waals surface area contributed by atoms with Crippen LogP contribution in [-0.2, 0) is 10.8 Å². The second-order valence-corrected chi connectivity index (χ2v) is 4.15. The van der Waals surface area contributed by atoms with E-state index in [0.29, 0.717) is 4.21 Å². The zero-order valence-corrected chi connectivity index (χ0v) is 6.39. The monoisotopic (exact) mass is 164 g/mol. The van der Waals surface area contributed by atoms with E-state index in [0.717, 1.165) is 11.3 Å². The van der Waals surface area contributed by atoms with Crippen molar-refractivity contribution < 1.29 is 8.60 Å².